The summed E-state index contributed by atoms with van der Waals surface area (Å²) in [6.07, 6.45) is 3.54. The second-order valence-corrected chi connectivity index (χ2v) is 3.70. The Kier molecular flexibility index (Phi) is 2.67. The van der Waals surface area contributed by atoms with Gasteiger partial charge in [-0.05, 0) is 26.0 Å². The zero-order valence-electron chi connectivity index (χ0n) is 8.86. The molecule has 0 saturated carbocycles. The van der Waals surface area contributed by atoms with Gasteiger partial charge in [-0.2, -0.15) is 5.10 Å². The molecule has 0 unspecified atom stereocenters. The molecule has 0 aliphatic rings. The molecule has 0 bridgehead atoms. The molecule has 0 fully saturated rings. The predicted molar refractivity (Wildman–Crippen MR) is 60.6 cm³/mol. The average Bonchev–Trinajstić information content (AvgIpc) is 2.67. The first kappa shape index (κ1) is 9.71. The fourth-order valence-electron chi connectivity index (χ4n) is 1.37. The van der Waals surface area contributed by atoms with Gasteiger partial charge in [-0.1, -0.05) is 0 Å². The van der Waals surface area contributed by atoms with Crippen LogP contribution in [-0.4, -0.2) is 21.2 Å². The van der Waals surface area contributed by atoms with Gasteiger partial charge in [0.1, 0.15) is 5.82 Å². The molecule has 2 aromatic heterocycles. The lowest BCUT2D eigenvalue weighted by Gasteiger charge is -2.04. The van der Waals surface area contributed by atoms with Crippen molar-refractivity contribution in [1.82, 2.24) is 15.2 Å². The van der Waals surface area contributed by atoms with Crippen molar-refractivity contribution in [2.75, 3.05) is 5.32 Å². The van der Waals surface area contributed by atoms with Crippen molar-refractivity contribution >= 4 is 5.82 Å². The van der Waals surface area contributed by atoms with E-state index in [1.165, 1.54) is 0 Å². The monoisotopic (exact) mass is 202 g/mol. The van der Waals surface area contributed by atoms with Crippen LogP contribution in [0, 0.1) is 0 Å². The maximum Gasteiger partial charge on any atom is 0.148 e. The third-order valence-electron chi connectivity index (χ3n) is 2.01. The number of anilines is 1. The number of rotatable bonds is 3. The first-order valence-electron chi connectivity index (χ1n) is 4.98. The van der Waals surface area contributed by atoms with Gasteiger partial charge in [0.15, 0.2) is 0 Å². The molecule has 15 heavy (non-hydrogen) atoms. The molecule has 0 radical (unpaired) electrons. The molecule has 2 aromatic rings. The molecule has 2 heterocycles. The number of H-pyrrole nitrogens is 1. The molecule has 2 N–H and O–H groups in total. The van der Waals surface area contributed by atoms with Crippen molar-refractivity contribution in [2.45, 2.75) is 19.9 Å². The van der Waals surface area contributed by atoms with Crippen LogP contribution >= 0.6 is 0 Å². The molecule has 0 aromatic carbocycles. The van der Waals surface area contributed by atoms with Crippen LogP contribution in [0.1, 0.15) is 13.8 Å². The highest BCUT2D eigenvalue weighted by Gasteiger charge is 2.03. The fourth-order valence-corrected chi connectivity index (χ4v) is 1.37. The normalized spacial score (nSPS) is 10.6. The molecular formula is C11H14N4. The van der Waals surface area contributed by atoms with Crippen LogP contribution in [0.3, 0.4) is 0 Å². The smallest absolute Gasteiger partial charge is 0.148 e. The van der Waals surface area contributed by atoms with Crippen molar-refractivity contribution in [1.29, 1.82) is 0 Å². The summed E-state index contributed by atoms with van der Waals surface area (Å²) in [7, 11) is 0. The predicted octanol–water partition coefficient (Wildman–Crippen LogP) is 2.29. The van der Waals surface area contributed by atoms with Crippen LogP contribution in [0.4, 0.5) is 5.82 Å². The minimum atomic E-state index is 0.388. The first-order valence-corrected chi connectivity index (χ1v) is 4.98. The SMILES string of the molecule is CC(C)Nc1cc(-c2ccncc2)[nH]n1. The third kappa shape index (κ3) is 2.34. The van der Waals surface area contributed by atoms with E-state index in [9.17, 15) is 0 Å². The number of nitrogens with zero attached hydrogens (tertiary/aromatic N) is 2. The Morgan fingerprint density at radius 1 is 1.27 bits per heavy atom. The maximum absolute atomic E-state index is 4.18. The zero-order valence-corrected chi connectivity index (χ0v) is 8.86. The lowest BCUT2D eigenvalue weighted by Crippen LogP contribution is -2.09. The van der Waals surface area contributed by atoms with Crippen LogP contribution in [0.5, 0.6) is 0 Å². The standard InChI is InChI=1S/C11H14N4/c1-8(2)13-11-7-10(14-15-11)9-3-5-12-6-4-9/h3-8H,1-2H3,(H2,13,14,15). The second-order valence-electron chi connectivity index (χ2n) is 3.70. The largest absolute Gasteiger partial charge is 0.366 e. The quantitative estimate of drug-likeness (QED) is 0.802. The molecular weight excluding hydrogens is 188 g/mol. The van der Waals surface area contributed by atoms with Gasteiger partial charge in [0.2, 0.25) is 0 Å². The topological polar surface area (TPSA) is 53.6 Å². The van der Waals surface area contributed by atoms with Gasteiger partial charge in [-0.15, -0.1) is 0 Å². The first-order chi connectivity index (χ1) is 7.25. The van der Waals surface area contributed by atoms with Crippen molar-refractivity contribution in [3.8, 4) is 11.3 Å². The summed E-state index contributed by atoms with van der Waals surface area (Å²) in [6, 6.07) is 6.29. The highest BCUT2D eigenvalue weighted by molar-refractivity contribution is 5.61. The van der Waals surface area contributed by atoms with E-state index in [2.05, 4.69) is 34.3 Å². The molecule has 0 aliphatic heterocycles. The Balaban J connectivity index is 2.21. The highest BCUT2D eigenvalue weighted by Crippen LogP contribution is 2.18. The van der Waals surface area contributed by atoms with Crippen molar-refractivity contribution in [2.24, 2.45) is 0 Å². The molecule has 78 valence electrons. The van der Waals surface area contributed by atoms with E-state index in [4.69, 9.17) is 0 Å². The molecule has 0 atom stereocenters. The number of pyridine rings is 1. The minimum absolute atomic E-state index is 0.388. The summed E-state index contributed by atoms with van der Waals surface area (Å²) < 4.78 is 0. The Morgan fingerprint density at radius 2 is 2.00 bits per heavy atom. The zero-order chi connectivity index (χ0) is 10.7. The van der Waals surface area contributed by atoms with Gasteiger partial charge in [-0.25, -0.2) is 0 Å². The number of hydrogen-bond acceptors (Lipinski definition) is 3. The Labute approximate surface area is 88.8 Å². The van der Waals surface area contributed by atoms with Gasteiger partial charge in [0.05, 0.1) is 5.69 Å². The lowest BCUT2D eigenvalue weighted by molar-refractivity contribution is 0.884. The molecule has 4 heteroatoms. The number of hydrogen-bond donors (Lipinski definition) is 2. The Bertz CT molecular complexity index is 419. The van der Waals surface area contributed by atoms with Gasteiger partial charge in [0, 0.05) is 30.1 Å². The van der Waals surface area contributed by atoms with Gasteiger partial charge >= 0.3 is 0 Å². The van der Waals surface area contributed by atoms with Crippen LogP contribution in [0.25, 0.3) is 11.3 Å². The Morgan fingerprint density at radius 3 is 2.67 bits per heavy atom. The summed E-state index contributed by atoms with van der Waals surface area (Å²) >= 11 is 0. The van der Waals surface area contributed by atoms with E-state index < -0.39 is 0 Å². The minimum Gasteiger partial charge on any atom is -0.366 e. The summed E-state index contributed by atoms with van der Waals surface area (Å²) in [5.41, 5.74) is 2.09. The van der Waals surface area contributed by atoms with Crippen LogP contribution in [0.2, 0.25) is 0 Å². The van der Waals surface area contributed by atoms with Crippen LogP contribution in [-0.2, 0) is 0 Å². The molecule has 0 aliphatic carbocycles. The second kappa shape index (κ2) is 4.13. The van der Waals surface area contributed by atoms with E-state index in [0.29, 0.717) is 6.04 Å². The molecule has 0 amide bonds. The number of aromatic nitrogens is 3. The fraction of sp³-hybridized carbons (Fsp3) is 0.273. The van der Waals surface area contributed by atoms with Crippen LogP contribution < -0.4 is 5.32 Å². The molecule has 4 nitrogen and oxygen atoms in total. The lowest BCUT2D eigenvalue weighted by atomic mass is 10.2. The summed E-state index contributed by atoms with van der Waals surface area (Å²) in [4.78, 5) is 3.98. The van der Waals surface area contributed by atoms with E-state index in [1.807, 2.05) is 18.2 Å². The van der Waals surface area contributed by atoms with E-state index in [-0.39, 0.29) is 0 Å². The van der Waals surface area contributed by atoms with Crippen molar-refractivity contribution < 1.29 is 0 Å². The number of nitrogens with one attached hydrogen (secondary N) is 2. The summed E-state index contributed by atoms with van der Waals surface area (Å²) in [6.45, 7) is 4.17. The summed E-state index contributed by atoms with van der Waals surface area (Å²) in [5.74, 6) is 0.872. The molecule has 0 spiro atoms. The highest BCUT2D eigenvalue weighted by atomic mass is 15.2. The van der Waals surface area contributed by atoms with E-state index in [1.54, 1.807) is 12.4 Å². The van der Waals surface area contributed by atoms with Gasteiger partial charge in [-0.3, -0.25) is 10.1 Å². The van der Waals surface area contributed by atoms with Crippen molar-refractivity contribution in [3.05, 3.63) is 30.6 Å². The molecule has 0 saturated heterocycles. The van der Waals surface area contributed by atoms with Crippen molar-refractivity contribution in [3.63, 3.8) is 0 Å². The van der Waals surface area contributed by atoms with Gasteiger partial charge in [0.25, 0.3) is 0 Å². The third-order valence-corrected chi connectivity index (χ3v) is 2.01. The van der Waals surface area contributed by atoms with E-state index >= 15 is 0 Å². The average molecular weight is 202 g/mol. The van der Waals surface area contributed by atoms with E-state index in [0.717, 1.165) is 17.1 Å². The van der Waals surface area contributed by atoms with Crippen LogP contribution in [0.15, 0.2) is 30.6 Å². The Hall–Kier alpha value is -1.84. The maximum atomic E-state index is 4.18. The summed E-state index contributed by atoms with van der Waals surface area (Å²) in [5, 5.41) is 10.4. The van der Waals surface area contributed by atoms with Gasteiger partial charge < -0.3 is 5.32 Å². The number of aromatic amines is 1. The molecule has 2 rings (SSSR count).